The van der Waals surface area contributed by atoms with E-state index in [4.69, 9.17) is 5.73 Å². The lowest BCUT2D eigenvalue weighted by Gasteiger charge is -2.50. The SMILES string of the molecule is CC(C)(CN)[P](c1ccccc1)(c1ccccc1)c1ccccc1. The van der Waals surface area contributed by atoms with E-state index < -0.39 is 7.26 Å². The van der Waals surface area contributed by atoms with Crippen LogP contribution in [0.2, 0.25) is 0 Å². The molecule has 0 saturated carbocycles. The molecule has 24 heavy (non-hydrogen) atoms. The summed E-state index contributed by atoms with van der Waals surface area (Å²) in [5, 5.41) is 4.12. The van der Waals surface area contributed by atoms with Gasteiger partial charge in [-0.2, -0.15) is 0 Å². The molecule has 123 valence electrons. The Kier molecular flexibility index (Phi) is 4.85. The minimum atomic E-state index is -1.88. The lowest BCUT2D eigenvalue weighted by molar-refractivity contribution is 0.709. The maximum atomic E-state index is 6.33. The van der Waals surface area contributed by atoms with Gasteiger partial charge in [-0.1, -0.05) is 105 Å². The van der Waals surface area contributed by atoms with Crippen LogP contribution in [0.5, 0.6) is 0 Å². The second-order valence-electron chi connectivity index (χ2n) is 6.69. The van der Waals surface area contributed by atoms with E-state index >= 15 is 0 Å². The molecule has 0 aliphatic carbocycles. The van der Waals surface area contributed by atoms with Gasteiger partial charge in [-0.15, -0.1) is 0 Å². The van der Waals surface area contributed by atoms with Crippen molar-refractivity contribution in [3.63, 3.8) is 0 Å². The third-order valence-electron chi connectivity index (χ3n) is 4.84. The van der Waals surface area contributed by atoms with E-state index in [2.05, 4.69) is 105 Å². The quantitative estimate of drug-likeness (QED) is 0.707. The molecule has 0 unspecified atom stereocenters. The molecule has 0 bridgehead atoms. The van der Waals surface area contributed by atoms with Crippen molar-refractivity contribution in [3.8, 4) is 0 Å². The standard InChI is InChI=1S/C22H25NP/c1-22(2,18-23)24(19-12-6-3-7-13-19,20-14-8-4-9-15-20)21-16-10-5-11-17-21/h3-17H,18,23H2,1-2H3. The zero-order chi connectivity index (χ0) is 17.0. The first kappa shape index (κ1) is 16.9. The van der Waals surface area contributed by atoms with Crippen LogP contribution in [0, 0.1) is 0 Å². The summed E-state index contributed by atoms with van der Waals surface area (Å²) in [6.45, 7) is 5.26. The van der Waals surface area contributed by atoms with Crippen molar-refractivity contribution >= 4 is 23.2 Å². The number of benzene rings is 3. The third-order valence-corrected chi connectivity index (χ3v) is 10.1. The Labute approximate surface area is 145 Å². The van der Waals surface area contributed by atoms with Crippen LogP contribution in [0.25, 0.3) is 0 Å². The molecule has 3 aromatic carbocycles. The van der Waals surface area contributed by atoms with Gasteiger partial charge in [-0.05, 0) is 23.2 Å². The van der Waals surface area contributed by atoms with Gasteiger partial charge >= 0.3 is 0 Å². The van der Waals surface area contributed by atoms with Crippen LogP contribution in [0.4, 0.5) is 0 Å². The number of rotatable bonds is 5. The van der Waals surface area contributed by atoms with E-state index in [-0.39, 0.29) is 5.16 Å². The Hall–Kier alpha value is -1.95. The van der Waals surface area contributed by atoms with Crippen LogP contribution < -0.4 is 21.6 Å². The maximum absolute atomic E-state index is 6.33. The second kappa shape index (κ2) is 6.89. The van der Waals surface area contributed by atoms with E-state index in [0.29, 0.717) is 6.54 Å². The van der Waals surface area contributed by atoms with Gasteiger partial charge < -0.3 is 5.73 Å². The van der Waals surface area contributed by atoms with Crippen LogP contribution in [0.1, 0.15) is 13.8 Å². The molecular weight excluding hydrogens is 309 g/mol. The van der Waals surface area contributed by atoms with Crippen molar-refractivity contribution in [1.29, 1.82) is 0 Å². The first-order valence-corrected chi connectivity index (χ1v) is 10.2. The Balaban J connectivity index is 2.42. The van der Waals surface area contributed by atoms with Gasteiger partial charge in [-0.25, -0.2) is 0 Å². The molecule has 0 fully saturated rings. The fraction of sp³-hybridized carbons (Fsp3) is 0.182. The van der Waals surface area contributed by atoms with Gasteiger partial charge in [0.1, 0.15) is 0 Å². The lowest BCUT2D eigenvalue weighted by atomic mass is 10.2. The van der Waals surface area contributed by atoms with Gasteiger partial charge in [0.2, 0.25) is 0 Å². The predicted octanol–water partition coefficient (Wildman–Crippen LogP) is 3.72. The monoisotopic (exact) mass is 334 g/mol. The van der Waals surface area contributed by atoms with Crippen molar-refractivity contribution < 1.29 is 0 Å². The Morgan fingerprint density at radius 2 is 0.917 bits per heavy atom. The molecule has 1 radical (unpaired) electrons. The van der Waals surface area contributed by atoms with Crippen molar-refractivity contribution in [2.24, 2.45) is 5.73 Å². The fourth-order valence-corrected chi connectivity index (χ4v) is 8.71. The Morgan fingerprint density at radius 3 is 1.17 bits per heavy atom. The van der Waals surface area contributed by atoms with E-state index in [9.17, 15) is 0 Å². The minimum Gasteiger partial charge on any atom is -0.330 e. The van der Waals surface area contributed by atoms with Crippen molar-refractivity contribution in [2.45, 2.75) is 19.0 Å². The predicted molar refractivity (Wildman–Crippen MR) is 108 cm³/mol. The largest absolute Gasteiger partial charge is 0.330 e. The van der Waals surface area contributed by atoms with Crippen LogP contribution in [-0.2, 0) is 0 Å². The van der Waals surface area contributed by atoms with Crippen molar-refractivity contribution in [2.75, 3.05) is 6.54 Å². The molecular formula is C22H25NP. The van der Waals surface area contributed by atoms with Gasteiger partial charge in [-0.3, -0.25) is 0 Å². The smallest absolute Gasteiger partial charge is 0.00505 e. The summed E-state index contributed by atoms with van der Waals surface area (Å²) >= 11 is 0. The van der Waals surface area contributed by atoms with Gasteiger partial charge in [0.15, 0.2) is 0 Å². The molecule has 0 saturated heterocycles. The summed E-state index contributed by atoms with van der Waals surface area (Å²) in [5.41, 5.74) is 6.33. The van der Waals surface area contributed by atoms with Crippen LogP contribution >= 0.6 is 7.26 Å². The molecule has 0 amide bonds. The highest BCUT2D eigenvalue weighted by Crippen LogP contribution is 2.65. The number of hydrogen-bond donors (Lipinski definition) is 1. The first-order valence-electron chi connectivity index (χ1n) is 8.39. The van der Waals surface area contributed by atoms with E-state index in [1.54, 1.807) is 0 Å². The summed E-state index contributed by atoms with van der Waals surface area (Å²) < 4.78 is 0. The summed E-state index contributed by atoms with van der Waals surface area (Å²) in [5.74, 6) is 0. The Morgan fingerprint density at radius 1 is 0.625 bits per heavy atom. The summed E-state index contributed by atoms with van der Waals surface area (Å²) in [4.78, 5) is 0. The summed E-state index contributed by atoms with van der Waals surface area (Å²) in [7, 11) is -1.88. The number of hydrogen-bond acceptors (Lipinski definition) is 1. The van der Waals surface area contributed by atoms with Crippen LogP contribution in [-0.4, -0.2) is 11.7 Å². The summed E-state index contributed by atoms with van der Waals surface area (Å²) in [6, 6.07) is 32.7. The third kappa shape index (κ3) is 2.69. The first-order chi connectivity index (χ1) is 11.6. The number of nitrogens with two attached hydrogens (primary N) is 1. The Bertz CT molecular complexity index is 670. The molecule has 2 heteroatoms. The van der Waals surface area contributed by atoms with E-state index in [1.807, 2.05) is 0 Å². The fourth-order valence-electron chi connectivity index (χ4n) is 3.59. The lowest BCUT2D eigenvalue weighted by Crippen LogP contribution is -2.48. The van der Waals surface area contributed by atoms with E-state index in [0.717, 1.165) is 0 Å². The highest BCUT2D eigenvalue weighted by molar-refractivity contribution is 7.96. The summed E-state index contributed by atoms with van der Waals surface area (Å²) in [6.07, 6.45) is 0. The molecule has 0 spiro atoms. The van der Waals surface area contributed by atoms with Gasteiger partial charge in [0.25, 0.3) is 0 Å². The molecule has 0 aliphatic heterocycles. The molecule has 3 aromatic rings. The molecule has 0 aliphatic rings. The van der Waals surface area contributed by atoms with Crippen molar-refractivity contribution in [3.05, 3.63) is 91.0 Å². The molecule has 3 rings (SSSR count). The molecule has 1 nitrogen and oxygen atoms in total. The van der Waals surface area contributed by atoms with Gasteiger partial charge in [0.05, 0.1) is 0 Å². The topological polar surface area (TPSA) is 26.0 Å². The van der Waals surface area contributed by atoms with Gasteiger partial charge in [0, 0.05) is 11.7 Å². The molecule has 2 N–H and O–H groups in total. The van der Waals surface area contributed by atoms with Crippen LogP contribution in [0.15, 0.2) is 91.0 Å². The van der Waals surface area contributed by atoms with Crippen molar-refractivity contribution in [1.82, 2.24) is 0 Å². The van der Waals surface area contributed by atoms with Crippen LogP contribution in [0.3, 0.4) is 0 Å². The highest BCUT2D eigenvalue weighted by atomic mass is 31.2. The molecule has 0 atom stereocenters. The normalized spacial score (nSPS) is 12.1. The maximum Gasteiger partial charge on any atom is 0.00505 e. The average Bonchev–Trinajstić information content (AvgIpc) is 2.65. The zero-order valence-electron chi connectivity index (χ0n) is 14.4. The minimum absolute atomic E-state index is 0.0446. The average molecular weight is 334 g/mol. The second-order valence-corrected chi connectivity index (χ2v) is 10.8. The molecule has 0 aromatic heterocycles. The van der Waals surface area contributed by atoms with E-state index in [1.165, 1.54) is 15.9 Å². The zero-order valence-corrected chi connectivity index (χ0v) is 15.3. The molecule has 0 heterocycles. The highest BCUT2D eigenvalue weighted by Gasteiger charge is 2.46.